The fourth-order valence-electron chi connectivity index (χ4n) is 2.41. The largest absolute Gasteiger partial charge is 0.295 e. The fraction of sp³-hybridized carbons (Fsp3) is 0.727. The summed E-state index contributed by atoms with van der Waals surface area (Å²) in [6.07, 6.45) is 10.3. The molecule has 0 aromatic rings. The Morgan fingerprint density at radius 2 is 2.00 bits per heavy atom. The number of ketones is 1. The molecule has 66 valence electrons. The van der Waals surface area contributed by atoms with Crippen molar-refractivity contribution in [1.82, 2.24) is 0 Å². The van der Waals surface area contributed by atoms with Gasteiger partial charge in [-0.3, -0.25) is 4.79 Å². The quantitative estimate of drug-likeness (QED) is 0.538. The lowest BCUT2D eigenvalue weighted by molar-refractivity contribution is -0.116. The van der Waals surface area contributed by atoms with Gasteiger partial charge in [0.1, 0.15) is 0 Å². The second-order valence-electron chi connectivity index (χ2n) is 3.96. The molecule has 1 saturated carbocycles. The summed E-state index contributed by atoms with van der Waals surface area (Å²) in [5, 5.41) is 0. The highest BCUT2D eigenvalue weighted by atomic mass is 16.1. The number of hydrogen-bond donors (Lipinski definition) is 0. The first kappa shape index (κ1) is 8.03. The van der Waals surface area contributed by atoms with Crippen LogP contribution in [0.25, 0.3) is 0 Å². The Labute approximate surface area is 73.8 Å². The Kier molecular flexibility index (Phi) is 2.29. The van der Waals surface area contributed by atoms with Crippen LogP contribution in [0.5, 0.6) is 0 Å². The summed E-state index contributed by atoms with van der Waals surface area (Å²) >= 11 is 0. The molecule has 0 saturated heterocycles. The van der Waals surface area contributed by atoms with E-state index in [2.05, 4.69) is 6.08 Å². The predicted octanol–water partition coefficient (Wildman–Crippen LogP) is 2.86. The molecule has 12 heavy (non-hydrogen) atoms. The van der Waals surface area contributed by atoms with Gasteiger partial charge in [-0.1, -0.05) is 12.5 Å². The van der Waals surface area contributed by atoms with Crippen LogP contribution in [-0.4, -0.2) is 5.78 Å². The van der Waals surface area contributed by atoms with Crippen molar-refractivity contribution in [2.24, 2.45) is 5.92 Å². The van der Waals surface area contributed by atoms with Crippen molar-refractivity contribution < 1.29 is 4.79 Å². The van der Waals surface area contributed by atoms with Crippen LogP contribution < -0.4 is 0 Å². The van der Waals surface area contributed by atoms with Gasteiger partial charge in [-0.2, -0.15) is 0 Å². The van der Waals surface area contributed by atoms with Gasteiger partial charge < -0.3 is 0 Å². The number of rotatable bonds is 0. The molecule has 1 heteroatoms. The van der Waals surface area contributed by atoms with Crippen LogP contribution in [0.3, 0.4) is 0 Å². The van der Waals surface area contributed by atoms with E-state index in [1.807, 2.05) is 0 Å². The summed E-state index contributed by atoms with van der Waals surface area (Å²) in [6, 6.07) is 0. The molecule has 0 N–H and O–H groups in total. The van der Waals surface area contributed by atoms with Crippen molar-refractivity contribution in [3.63, 3.8) is 0 Å². The minimum atomic E-state index is 0.442. The van der Waals surface area contributed by atoms with E-state index < -0.39 is 0 Å². The molecule has 0 spiro atoms. The maximum atomic E-state index is 11.6. The molecular formula is C11H16O. The topological polar surface area (TPSA) is 17.1 Å². The lowest BCUT2D eigenvalue weighted by Crippen LogP contribution is -2.13. The minimum absolute atomic E-state index is 0.442. The van der Waals surface area contributed by atoms with Crippen LogP contribution in [0.4, 0.5) is 0 Å². The van der Waals surface area contributed by atoms with E-state index in [4.69, 9.17) is 0 Å². The Hall–Kier alpha value is -0.590. The first-order valence-corrected chi connectivity index (χ1v) is 5.11. The number of fused-ring (bicyclic) bond motifs is 1. The average Bonchev–Trinajstić information content (AvgIpc) is 2.29. The van der Waals surface area contributed by atoms with E-state index in [9.17, 15) is 4.79 Å². The molecule has 0 radical (unpaired) electrons. The smallest absolute Gasteiger partial charge is 0.158 e. The van der Waals surface area contributed by atoms with Gasteiger partial charge in [0, 0.05) is 6.42 Å². The van der Waals surface area contributed by atoms with Gasteiger partial charge in [-0.25, -0.2) is 0 Å². The number of carbonyl (C=O) groups excluding carboxylic acids is 1. The van der Waals surface area contributed by atoms with Crippen molar-refractivity contribution in [3.05, 3.63) is 11.6 Å². The maximum absolute atomic E-state index is 11.6. The van der Waals surface area contributed by atoms with Crippen LogP contribution in [0.15, 0.2) is 11.6 Å². The Morgan fingerprint density at radius 1 is 1.17 bits per heavy atom. The van der Waals surface area contributed by atoms with Crippen LogP contribution in [-0.2, 0) is 4.79 Å². The molecule has 0 amide bonds. The van der Waals surface area contributed by atoms with Crippen LogP contribution in [0.1, 0.15) is 44.9 Å². The summed E-state index contributed by atoms with van der Waals surface area (Å²) in [5.74, 6) is 1.07. The van der Waals surface area contributed by atoms with Crippen LogP contribution >= 0.6 is 0 Å². The van der Waals surface area contributed by atoms with Gasteiger partial charge in [-0.15, -0.1) is 0 Å². The molecule has 2 aliphatic carbocycles. The fourth-order valence-corrected chi connectivity index (χ4v) is 2.41. The van der Waals surface area contributed by atoms with Gasteiger partial charge in [0.25, 0.3) is 0 Å². The van der Waals surface area contributed by atoms with Crippen LogP contribution in [0, 0.1) is 5.92 Å². The Morgan fingerprint density at radius 3 is 2.92 bits per heavy atom. The number of carbonyl (C=O) groups is 1. The molecule has 0 aliphatic heterocycles. The van der Waals surface area contributed by atoms with E-state index >= 15 is 0 Å². The standard InChI is InChI=1S/C11H16O/c12-11-8-4-2-6-9-5-1-3-7-10(9)11/h7,9H,1-6,8H2/t9-/m0/s1. The normalized spacial score (nSPS) is 30.5. The van der Waals surface area contributed by atoms with Crippen molar-refractivity contribution in [2.45, 2.75) is 44.9 Å². The number of Topliss-reactive ketones (excluding diaryl/α,β-unsaturated/α-hetero) is 1. The summed E-state index contributed by atoms with van der Waals surface area (Å²) in [6.45, 7) is 0. The molecule has 1 nitrogen and oxygen atoms in total. The average molecular weight is 164 g/mol. The first-order chi connectivity index (χ1) is 5.88. The molecule has 0 unspecified atom stereocenters. The summed E-state index contributed by atoms with van der Waals surface area (Å²) < 4.78 is 0. The van der Waals surface area contributed by atoms with Gasteiger partial charge in [-0.05, 0) is 43.6 Å². The zero-order chi connectivity index (χ0) is 8.39. The maximum Gasteiger partial charge on any atom is 0.158 e. The van der Waals surface area contributed by atoms with E-state index in [1.165, 1.54) is 31.3 Å². The zero-order valence-electron chi connectivity index (χ0n) is 7.51. The predicted molar refractivity (Wildman–Crippen MR) is 48.9 cm³/mol. The molecule has 2 aliphatic rings. The van der Waals surface area contributed by atoms with E-state index in [0.717, 1.165) is 19.3 Å². The van der Waals surface area contributed by atoms with Gasteiger partial charge in [0.2, 0.25) is 0 Å². The minimum Gasteiger partial charge on any atom is -0.295 e. The third-order valence-electron chi connectivity index (χ3n) is 3.09. The SMILES string of the molecule is O=C1CCCC[C@@H]2CCCC=C12. The van der Waals surface area contributed by atoms with Gasteiger partial charge in [0.05, 0.1) is 0 Å². The lowest BCUT2D eigenvalue weighted by atomic mass is 9.84. The second-order valence-corrected chi connectivity index (χ2v) is 3.96. The van der Waals surface area contributed by atoms with Gasteiger partial charge >= 0.3 is 0 Å². The molecular weight excluding hydrogens is 148 g/mol. The van der Waals surface area contributed by atoms with Crippen molar-refractivity contribution in [2.75, 3.05) is 0 Å². The van der Waals surface area contributed by atoms with E-state index in [0.29, 0.717) is 11.7 Å². The third-order valence-corrected chi connectivity index (χ3v) is 3.09. The molecule has 1 atom stereocenters. The first-order valence-electron chi connectivity index (χ1n) is 5.11. The number of allylic oxidation sites excluding steroid dienone is 2. The van der Waals surface area contributed by atoms with Crippen molar-refractivity contribution in [1.29, 1.82) is 0 Å². The van der Waals surface area contributed by atoms with Crippen molar-refractivity contribution in [3.8, 4) is 0 Å². The monoisotopic (exact) mass is 164 g/mol. The highest BCUT2D eigenvalue weighted by Gasteiger charge is 2.24. The Bertz CT molecular complexity index is 215. The molecule has 2 rings (SSSR count). The summed E-state index contributed by atoms with van der Waals surface area (Å²) in [5.41, 5.74) is 1.18. The molecule has 0 bridgehead atoms. The molecule has 0 heterocycles. The number of hydrogen-bond acceptors (Lipinski definition) is 1. The Balaban J connectivity index is 2.20. The molecule has 1 fully saturated rings. The summed E-state index contributed by atoms with van der Waals surface area (Å²) in [4.78, 5) is 11.6. The second kappa shape index (κ2) is 3.42. The van der Waals surface area contributed by atoms with E-state index in [-0.39, 0.29) is 0 Å². The zero-order valence-corrected chi connectivity index (χ0v) is 7.51. The third kappa shape index (κ3) is 1.45. The molecule has 0 aromatic heterocycles. The summed E-state index contributed by atoms with van der Waals surface area (Å²) in [7, 11) is 0. The van der Waals surface area contributed by atoms with Gasteiger partial charge in [0.15, 0.2) is 5.78 Å². The highest BCUT2D eigenvalue weighted by molar-refractivity contribution is 5.96. The molecule has 0 aromatic carbocycles. The van der Waals surface area contributed by atoms with Crippen LogP contribution in [0.2, 0.25) is 0 Å². The lowest BCUT2D eigenvalue weighted by Gasteiger charge is -2.20. The highest BCUT2D eigenvalue weighted by Crippen LogP contribution is 2.33. The van der Waals surface area contributed by atoms with Crippen molar-refractivity contribution >= 4 is 5.78 Å². The van der Waals surface area contributed by atoms with E-state index in [1.54, 1.807) is 0 Å².